The maximum Gasteiger partial charge on any atom is 0.223 e. The predicted octanol–water partition coefficient (Wildman–Crippen LogP) is 2.45. The number of benzene rings is 1. The third kappa shape index (κ3) is 4.58. The maximum absolute atomic E-state index is 15.1. The molecule has 6 heterocycles. The molecule has 5 aromatic rings. The van der Waals surface area contributed by atoms with Crippen molar-refractivity contribution in [1.82, 2.24) is 29.3 Å². The summed E-state index contributed by atoms with van der Waals surface area (Å²) in [7, 11) is -0.752. The van der Waals surface area contributed by atoms with Gasteiger partial charge in [0.15, 0.2) is 11.4 Å². The highest BCUT2D eigenvalue weighted by Gasteiger charge is 2.22. The molecule has 7 rings (SSSR count). The lowest BCUT2D eigenvalue weighted by Gasteiger charge is -2.36. The highest BCUT2D eigenvalue weighted by atomic mass is 32.2. The Morgan fingerprint density at radius 2 is 1.82 bits per heavy atom. The first-order valence-corrected chi connectivity index (χ1v) is 14.9. The molecule has 0 amide bonds. The largest absolute Gasteiger partial charge is 0.463 e. The number of piperazine rings is 1. The molecule has 2 aliphatic heterocycles. The Morgan fingerprint density at radius 3 is 2.58 bits per heavy atom. The number of hydrogen-bond donors (Lipinski definition) is 1. The van der Waals surface area contributed by atoms with Crippen LogP contribution in [0.25, 0.3) is 28.0 Å². The third-order valence-corrected chi connectivity index (χ3v) is 9.10. The van der Waals surface area contributed by atoms with Crippen LogP contribution < -0.4 is 15.5 Å². The molecular formula is C27H30FN9O2S. The zero-order valence-electron chi connectivity index (χ0n) is 21.9. The molecule has 11 nitrogen and oxygen atoms in total. The molecule has 0 saturated carbocycles. The van der Waals surface area contributed by atoms with Crippen molar-refractivity contribution in [2.75, 3.05) is 72.9 Å². The van der Waals surface area contributed by atoms with Crippen LogP contribution in [0.3, 0.4) is 0 Å². The third-order valence-electron chi connectivity index (χ3n) is 7.82. The minimum atomic E-state index is -0.752. The van der Waals surface area contributed by atoms with Gasteiger partial charge in [-0.1, -0.05) is 0 Å². The fraction of sp³-hybridized carbons (Fsp3) is 0.370. The van der Waals surface area contributed by atoms with E-state index in [0.29, 0.717) is 54.2 Å². The van der Waals surface area contributed by atoms with Crippen LogP contribution in [-0.2, 0) is 17.3 Å². The number of anilines is 3. The first-order chi connectivity index (χ1) is 19.5. The van der Waals surface area contributed by atoms with E-state index in [-0.39, 0.29) is 5.82 Å². The van der Waals surface area contributed by atoms with Crippen LogP contribution in [-0.4, -0.2) is 90.8 Å². The summed E-state index contributed by atoms with van der Waals surface area (Å²) in [5, 5.41) is 10.0. The number of furan rings is 1. The number of nitrogen functional groups attached to an aromatic ring is 1. The van der Waals surface area contributed by atoms with Crippen molar-refractivity contribution in [2.45, 2.75) is 6.54 Å². The molecule has 0 radical (unpaired) electrons. The average molecular weight is 564 g/mol. The molecule has 0 unspecified atom stereocenters. The van der Waals surface area contributed by atoms with Crippen molar-refractivity contribution in [2.24, 2.45) is 0 Å². The summed E-state index contributed by atoms with van der Waals surface area (Å²) in [6.45, 7) is 6.02. The van der Waals surface area contributed by atoms with Gasteiger partial charge in [0.05, 0.1) is 35.6 Å². The van der Waals surface area contributed by atoms with E-state index in [1.54, 1.807) is 23.0 Å². The first-order valence-electron chi connectivity index (χ1n) is 13.4. The van der Waals surface area contributed by atoms with Crippen molar-refractivity contribution < 1.29 is 13.0 Å². The summed E-state index contributed by atoms with van der Waals surface area (Å²) >= 11 is 0. The maximum atomic E-state index is 15.1. The van der Waals surface area contributed by atoms with E-state index in [1.807, 2.05) is 35.0 Å². The standard InChI is InChI=1S/C27H30FN9O2S/c28-21-16-19(34-11-14-40(38)15-12-34)3-4-23(21)35-8-5-33(6-9-35)7-10-36-26-20(18-30-36)24-17-22(25-2-1-13-39-25)32-37(24)27(29)31-26/h1-4,13,16-18H,5-12,14-15H2,(H2,29,31). The number of aromatic nitrogens is 5. The second-order valence-electron chi connectivity index (χ2n) is 10.2. The molecule has 1 aromatic carbocycles. The Balaban J connectivity index is 0.998. The van der Waals surface area contributed by atoms with Crippen LogP contribution in [0.4, 0.5) is 21.7 Å². The number of rotatable bonds is 6. The Kier molecular flexibility index (Phi) is 6.39. The molecule has 2 fully saturated rings. The van der Waals surface area contributed by atoms with Gasteiger partial charge in [-0.2, -0.15) is 19.7 Å². The van der Waals surface area contributed by atoms with Gasteiger partial charge < -0.3 is 20.0 Å². The van der Waals surface area contributed by atoms with E-state index in [9.17, 15) is 4.21 Å². The molecule has 40 heavy (non-hydrogen) atoms. The van der Waals surface area contributed by atoms with Gasteiger partial charge in [0.2, 0.25) is 5.95 Å². The molecule has 208 valence electrons. The monoisotopic (exact) mass is 563 g/mol. The second-order valence-corrected chi connectivity index (χ2v) is 11.9. The summed E-state index contributed by atoms with van der Waals surface area (Å²) in [4.78, 5) is 11.2. The first kappa shape index (κ1) is 25.0. The van der Waals surface area contributed by atoms with Crippen molar-refractivity contribution in [3.05, 3.63) is 54.7 Å². The van der Waals surface area contributed by atoms with E-state index >= 15 is 4.39 Å². The fourth-order valence-corrected chi connectivity index (χ4v) is 6.64. The van der Waals surface area contributed by atoms with Gasteiger partial charge in [0.25, 0.3) is 0 Å². The number of hydrogen-bond acceptors (Lipinski definition) is 9. The quantitative estimate of drug-likeness (QED) is 0.333. The van der Waals surface area contributed by atoms with Gasteiger partial charge in [-0.05, 0) is 36.4 Å². The Bertz CT molecular complexity index is 1680. The predicted molar refractivity (Wildman–Crippen MR) is 154 cm³/mol. The minimum Gasteiger partial charge on any atom is -0.463 e. The molecular weight excluding hydrogens is 533 g/mol. The highest BCUT2D eigenvalue weighted by Crippen LogP contribution is 2.28. The fourth-order valence-electron chi connectivity index (χ4n) is 5.58. The van der Waals surface area contributed by atoms with Crippen molar-refractivity contribution in [3.63, 3.8) is 0 Å². The summed E-state index contributed by atoms with van der Waals surface area (Å²) in [6, 6.07) is 11.1. The smallest absolute Gasteiger partial charge is 0.223 e. The molecule has 13 heteroatoms. The topological polar surface area (TPSA) is 114 Å². The second kappa shape index (κ2) is 10.2. The summed E-state index contributed by atoms with van der Waals surface area (Å²) in [5.74, 6) is 2.04. The van der Waals surface area contributed by atoms with Gasteiger partial charge in [0.1, 0.15) is 11.5 Å². The number of nitrogens with two attached hydrogens (primary N) is 1. The molecule has 0 aliphatic carbocycles. The van der Waals surface area contributed by atoms with Gasteiger partial charge in [0, 0.05) is 73.8 Å². The van der Waals surface area contributed by atoms with E-state index in [1.165, 1.54) is 0 Å². The van der Waals surface area contributed by atoms with Crippen LogP contribution in [0.2, 0.25) is 0 Å². The van der Waals surface area contributed by atoms with Crippen molar-refractivity contribution in [1.29, 1.82) is 0 Å². The Morgan fingerprint density at radius 1 is 1.00 bits per heavy atom. The van der Waals surface area contributed by atoms with E-state index in [4.69, 9.17) is 10.2 Å². The Labute approximate surface area is 232 Å². The number of nitrogens with zero attached hydrogens (tertiary/aromatic N) is 8. The molecule has 2 aliphatic rings. The van der Waals surface area contributed by atoms with Gasteiger partial charge >= 0.3 is 0 Å². The van der Waals surface area contributed by atoms with Crippen molar-refractivity contribution in [3.8, 4) is 11.5 Å². The highest BCUT2D eigenvalue weighted by molar-refractivity contribution is 7.85. The Hall–Kier alpha value is -3.97. The molecule has 4 aromatic heterocycles. The van der Waals surface area contributed by atoms with Crippen LogP contribution >= 0.6 is 0 Å². The average Bonchev–Trinajstić information content (AvgIpc) is 3.73. The lowest BCUT2D eigenvalue weighted by Crippen LogP contribution is -2.47. The van der Waals surface area contributed by atoms with E-state index in [0.717, 1.165) is 55.0 Å². The van der Waals surface area contributed by atoms with Gasteiger partial charge in [-0.3, -0.25) is 9.11 Å². The molecule has 2 saturated heterocycles. The zero-order valence-corrected chi connectivity index (χ0v) is 22.8. The summed E-state index contributed by atoms with van der Waals surface area (Å²) in [5.41, 5.74) is 9.99. The van der Waals surface area contributed by atoms with Crippen LogP contribution in [0.5, 0.6) is 0 Å². The normalized spacial score (nSPS) is 17.4. The SMILES string of the molecule is Nc1nc2c(cnn2CCN2CCN(c3ccc(N4CCS(=O)CC4)cc3F)CC2)c2cc(-c3ccco3)nn12. The molecule has 0 atom stereocenters. The zero-order chi connectivity index (χ0) is 27.2. The van der Waals surface area contributed by atoms with Gasteiger partial charge in [-0.15, -0.1) is 0 Å². The number of halogens is 1. The number of fused-ring (bicyclic) bond motifs is 3. The van der Waals surface area contributed by atoms with Crippen LogP contribution in [0, 0.1) is 5.82 Å². The molecule has 0 spiro atoms. The lowest BCUT2D eigenvalue weighted by molar-refractivity contribution is 0.245. The van der Waals surface area contributed by atoms with E-state index in [2.05, 4.69) is 29.9 Å². The van der Waals surface area contributed by atoms with Crippen LogP contribution in [0.1, 0.15) is 0 Å². The van der Waals surface area contributed by atoms with Gasteiger partial charge in [-0.25, -0.2) is 9.07 Å². The van der Waals surface area contributed by atoms with Crippen LogP contribution in [0.15, 0.2) is 53.3 Å². The van der Waals surface area contributed by atoms with E-state index < -0.39 is 10.8 Å². The van der Waals surface area contributed by atoms with Crippen molar-refractivity contribution >= 4 is 44.7 Å². The molecule has 2 N–H and O–H groups in total. The minimum absolute atomic E-state index is 0.203. The molecule has 0 bridgehead atoms. The summed E-state index contributed by atoms with van der Waals surface area (Å²) in [6.07, 6.45) is 3.42. The summed E-state index contributed by atoms with van der Waals surface area (Å²) < 4.78 is 35.7. The lowest BCUT2D eigenvalue weighted by atomic mass is 10.2.